The van der Waals surface area contributed by atoms with Gasteiger partial charge in [0.2, 0.25) is 0 Å². The van der Waals surface area contributed by atoms with Gasteiger partial charge in [-0.3, -0.25) is 4.99 Å². The van der Waals surface area contributed by atoms with Crippen LogP contribution >= 0.6 is 0 Å². The molecule has 8 heteroatoms. The minimum absolute atomic E-state index is 0.162. The van der Waals surface area contributed by atoms with Gasteiger partial charge in [0.05, 0.1) is 24.2 Å². The predicted octanol–water partition coefficient (Wildman–Crippen LogP) is 2.08. The van der Waals surface area contributed by atoms with Gasteiger partial charge in [-0.25, -0.2) is 8.42 Å². The second kappa shape index (κ2) is 10.1. The van der Waals surface area contributed by atoms with E-state index in [0.717, 1.165) is 30.2 Å². The fourth-order valence-corrected chi connectivity index (χ4v) is 4.38. The van der Waals surface area contributed by atoms with Crippen LogP contribution in [-0.4, -0.2) is 69.7 Å². The smallest absolute Gasteiger partial charge is 0.193 e. The minimum atomic E-state index is -3.06. The zero-order valence-electron chi connectivity index (χ0n) is 17.4. The van der Waals surface area contributed by atoms with Crippen molar-refractivity contribution in [2.75, 3.05) is 45.6 Å². The quantitative estimate of drug-likeness (QED) is 0.401. The van der Waals surface area contributed by atoms with Crippen molar-refractivity contribution in [3.05, 3.63) is 29.8 Å². The largest absolute Gasteiger partial charge is 0.497 e. The Morgan fingerprint density at radius 2 is 2.00 bits per heavy atom. The van der Waals surface area contributed by atoms with E-state index in [4.69, 9.17) is 9.47 Å². The summed E-state index contributed by atoms with van der Waals surface area (Å²) in [5.41, 5.74) is 1.11. The van der Waals surface area contributed by atoms with Crippen LogP contribution in [0.5, 0.6) is 5.75 Å². The van der Waals surface area contributed by atoms with Gasteiger partial charge < -0.3 is 19.7 Å². The lowest BCUT2D eigenvalue weighted by molar-refractivity contribution is 0.120. The summed E-state index contributed by atoms with van der Waals surface area (Å²) in [6.07, 6.45) is 0.806. The molecular weight excluding hydrogens is 378 g/mol. The fourth-order valence-electron chi connectivity index (χ4n) is 3.01. The van der Waals surface area contributed by atoms with Gasteiger partial charge in [0.1, 0.15) is 5.75 Å². The maximum absolute atomic E-state index is 12.2. The van der Waals surface area contributed by atoms with Crippen molar-refractivity contribution < 1.29 is 17.9 Å². The standard InChI is InChI=1S/C20H33N3O4S/c1-5-21-19(23-12-14-28(24,25)20(2,3)16-23)22-11-6-13-27-15-17-7-9-18(26-4)10-8-17/h7-10H,5-6,11-16H2,1-4H3,(H,21,22). The molecule has 0 radical (unpaired) electrons. The highest BCUT2D eigenvalue weighted by Gasteiger charge is 2.40. The summed E-state index contributed by atoms with van der Waals surface area (Å²) in [6.45, 7) is 9.07. The molecule has 158 valence electrons. The van der Waals surface area contributed by atoms with Crippen molar-refractivity contribution in [2.45, 2.75) is 38.5 Å². The summed E-state index contributed by atoms with van der Waals surface area (Å²) < 4.78 is 34.5. The van der Waals surface area contributed by atoms with Crippen LogP contribution in [0.3, 0.4) is 0 Å². The van der Waals surface area contributed by atoms with Crippen molar-refractivity contribution in [3.8, 4) is 5.75 Å². The van der Waals surface area contributed by atoms with Gasteiger partial charge >= 0.3 is 0 Å². The van der Waals surface area contributed by atoms with E-state index in [0.29, 0.717) is 32.8 Å². The molecule has 1 aromatic carbocycles. The number of ether oxygens (including phenoxy) is 2. The normalized spacial score (nSPS) is 18.7. The summed E-state index contributed by atoms with van der Waals surface area (Å²) in [5, 5.41) is 3.27. The van der Waals surface area contributed by atoms with Crippen LogP contribution in [0.2, 0.25) is 0 Å². The molecule has 28 heavy (non-hydrogen) atoms. The molecule has 0 aromatic heterocycles. The van der Waals surface area contributed by atoms with Crippen LogP contribution in [0.15, 0.2) is 29.3 Å². The van der Waals surface area contributed by atoms with E-state index in [2.05, 4.69) is 10.3 Å². The van der Waals surface area contributed by atoms with E-state index >= 15 is 0 Å². The molecule has 1 N–H and O–H groups in total. The number of nitrogens with zero attached hydrogens (tertiary/aromatic N) is 2. The Bertz CT molecular complexity index is 745. The van der Waals surface area contributed by atoms with Gasteiger partial charge in [-0.05, 0) is 44.9 Å². The highest BCUT2D eigenvalue weighted by molar-refractivity contribution is 7.92. The van der Waals surface area contributed by atoms with E-state index < -0.39 is 14.6 Å². The predicted molar refractivity (Wildman–Crippen MR) is 113 cm³/mol. The molecule has 1 aliphatic rings. The van der Waals surface area contributed by atoms with Crippen LogP contribution in [0, 0.1) is 0 Å². The third-order valence-corrected chi connectivity index (χ3v) is 7.35. The number of aliphatic imine (C=N–C) groups is 1. The molecule has 0 aliphatic carbocycles. The monoisotopic (exact) mass is 411 g/mol. The van der Waals surface area contributed by atoms with Crippen LogP contribution in [-0.2, 0) is 21.2 Å². The molecule has 1 aliphatic heterocycles. The number of hydrogen-bond acceptors (Lipinski definition) is 5. The molecule has 0 saturated carbocycles. The number of methoxy groups -OCH3 is 1. The Morgan fingerprint density at radius 1 is 1.29 bits per heavy atom. The first kappa shape index (κ1) is 22.5. The van der Waals surface area contributed by atoms with Crippen molar-refractivity contribution >= 4 is 15.8 Å². The Kier molecular flexibility index (Phi) is 8.12. The first-order valence-electron chi connectivity index (χ1n) is 9.75. The van der Waals surface area contributed by atoms with E-state index in [1.807, 2.05) is 36.1 Å². The van der Waals surface area contributed by atoms with E-state index in [1.165, 1.54) is 0 Å². The average molecular weight is 412 g/mol. The van der Waals surface area contributed by atoms with Gasteiger partial charge in [-0.15, -0.1) is 0 Å². The SMILES string of the molecule is CCNC(=NCCCOCc1ccc(OC)cc1)N1CCS(=O)(=O)C(C)(C)C1. The molecule has 0 atom stereocenters. The summed E-state index contributed by atoms with van der Waals surface area (Å²) in [6, 6.07) is 7.83. The van der Waals surface area contributed by atoms with Crippen molar-refractivity contribution in [1.29, 1.82) is 0 Å². The second-order valence-corrected chi connectivity index (χ2v) is 10.2. The van der Waals surface area contributed by atoms with Crippen LogP contribution < -0.4 is 10.1 Å². The summed E-state index contributed by atoms with van der Waals surface area (Å²) in [5.74, 6) is 1.78. The van der Waals surface area contributed by atoms with E-state index in [1.54, 1.807) is 21.0 Å². The van der Waals surface area contributed by atoms with Gasteiger partial charge in [0.25, 0.3) is 0 Å². The second-order valence-electron chi connectivity index (χ2n) is 7.49. The Hall–Kier alpha value is -1.80. The first-order chi connectivity index (χ1) is 13.3. The summed E-state index contributed by atoms with van der Waals surface area (Å²) >= 11 is 0. The molecule has 1 fully saturated rings. The lowest BCUT2D eigenvalue weighted by atomic mass is 10.2. The lowest BCUT2D eigenvalue weighted by Gasteiger charge is -2.39. The summed E-state index contributed by atoms with van der Waals surface area (Å²) in [7, 11) is -1.41. The van der Waals surface area contributed by atoms with Crippen LogP contribution in [0.25, 0.3) is 0 Å². The Morgan fingerprint density at radius 3 is 2.61 bits per heavy atom. The maximum atomic E-state index is 12.2. The Balaban J connectivity index is 1.79. The molecule has 1 aromatic rings. The molecule has 1 saturated heterocycles. The highest BCUT2D eigenvalue weighted by Crippen LogP contribution is 2.23. The Labute approximate surface area is 169 Å². The number of benzene rings is 1. The molecule has 0 unspecified atom stereocenters. The number of nitrogens with one attached hydrogen (secondary N) is 1. The van der Waals surface area contributed by atoms with Crippen LogP contribution in [0.1, 0.15) is 32.8 Å². The molecule has 2 rings (SSSR count). The van der Waals surface area contributed by atoms with Crippen molar-refractivity contribution in [2.24, 2.45) is 4.99 Å². The van der Waals surface area contributed by atoms with Gasteiger partial charge in [-0.1, -0.05) is 12.1 Å². The van der Waals surface area contributed by atoms with Crippen molar-refractivity contribution in [3.63, 3.8) is 0 Å². The molecule has 0 bridgehead atoms. The molecule has 1 heterocycles. The third kappa shape index (κ3) is 6.10. The molecule has 0 spiro atoms. The summed E-state index contributed by atoms with van der Waals surface area (Å²) in [4.78, 5) is 6.70. The van der Waals surface area contributed by atoms with Crippen LogP contribution in [0.4, 0.5) is 0 Å². The fraction of sp³-hybridized carbons (Fsp3) is 0.650. The third-order valence-electron chi connectivity index (χ3n) is 4.81. The van der Waals surface area contributed by atoms with E-state index in [-0.39, 0.29) is 5.75 Å². The molecule has 7 nitrogen and oxygen atoms in total. The zero-order chi connectivity index (χ0) is 20.6. The highest BCUT2D eigenvalue weighted by atomic mass is 32.2. The van der Waals surface area contributed by atoms with Gasteiger partial charge in [0.15, 0.2) is 15.8 Å². The van der Waals surface area contributed by atoms with E-state index in [9.17, 15) is 8.42 Å². The molecule has 0 amide bonds. The average Bonchev–Trinajstić information content (AvgIpc) is 2.66. The topological polar surface area (TPSA) is 80.2 Å². The van der Waals surface area contributed by atoms with Crippen molar-refractivity contribution in [1.82, 2.24) is 10.2 Å². The number of guanidine groups is 1. The number of sulfone groups is 1. The van der Waals surface area contributed by atoms with Gasteiger partial charge in [-0.2, -0.15) is 0 Å². The lowest BCUT2D eigenvalue weighted by Crippen LogP contribution is -2.57. The maximum Gasteiger partial charge on any atom is 0.193 e. The number of rotatable bonds is 8. The number of hydrogen-bond donors (Lipinski definition) is 1. The molecular formula is C20H33N3O4S. The minimum Gasteiger partial charge on any atom is -0.497 e. The zero-order valence-corrected chi connectivity index (χ0v) is 18.2. The van der Waals surface area contributed by atoms with Gasteiger partial charge in [0, 0.05) is 32.8 Å². The first-order valence-corrected chi connectivity index (χ1v) is 11.4.